The molecule has 1 aliphatic heterocycles. The van der Waals surface area contributed by atoms with Crippen molar-refractivity contribution in [1.29, 1.82) is 0 Å². The minimum atomic E-state index is -1.48. The Bertz CT molecular complexity index is 515. The van der Waals surface area contributed by atoms with Gasteiger partial charge < -0.3 is 24.6 Å². The molecule has 1 aromatic carbocycles. The quantitative estimate of drug-likeness (QED) is 0.747. The number of rotatable bonds is 6. The van der Waals surface area contributed by atoms with E-state index in [1.54, 1.807) is 0 Å². The third-order valence-corrected chi connectivity index (χ3v) is 3.59. The second kappa shape index (κ2) is 8.50. The van der Waals surface area contributed by atoms with Crippen LogP contribution in [0.15, 0.2) is 30.3 Å². The number of carbonyl (C=O) groups is 2. The van der Waals surface area contributed by atoms with Crippen LogP contribution in [-0.2, 0) is 25.4 Å². The number of hydrogen-bond acceptors (Lipinski definition) is 6. The summed E-state index contributed by atoms with van der Waals surface area (Å²) in [5.74, 6) is -0.810. The Balaban J connectivity index is 1.99. The summed E-state index contributed by atoms with van der Waals surface area (Å²) in [6, 6.07) is 8.37. The Morgan fingerprint density at radius 3 is 2.74 bits per heavy atom. The smallest absolute Gasteiger partial charge is 0.407 e. The van der Waals surface area contributed by atoms with E-state index in [1.807, 2.05) is 30.3 Å². The van der Waals surface area contributed by atoms with Crippen LogP contribution in [0.1, 0.15) is 12.0 Å². The monoisotopic (exact) mass is 323 g/mol. The zero-order chi connectivity index (χ0) is 16.7. The molecule has 1 saturated heterocycles. The molecule has 0 spiro atoms. The van der Waals surface area contributed by atoms with Gasteiger partial charge in [0, 0.05) is 6.42 Å². The molecule has 0 aliphatic carbocycles. The summed E-state index contributed by atoms with van der Waals surface area (Å²) >= 11 is 0. The molecule has 126 valence electrons. The van der Waals surface area contributed by atoms with Crippen molar-refractivity contribution < 1.29 is 28.9 Å². The number of ether oxygens (including phenoxy) is 3. The van der Waals surface area contributed by atoms with Gasteiger partial charge in [-0.15, -0.1) is 0 Å². The number of hydrogen-bond donors (Lipinski definition) is 2. The molecule has 1 aliphatic rings. The van der Waals surface area contributed by atoms with E-state index >= 15 is 0 Å². The molecule has 1 fully saturated rings. The maximum absolute atomic E-state index is 12.0. The first-order valence-electron chi connectivity index (χ1n) is 7.45. The van der Waals surface area contributed by atoms with Crippen molar-refractivity contribution in [1.82, 2.24) is 5.32 Å². The molecule has 2 N–H and O–H groups in total. The summed E-state index contributed by atoms with van der Waals surface area (Å²) in [4.78, 5) is 23.5. The fraction of sp³-hybridized carbons (Fsp3) is 0.500. The minimum absolute atomic E-state index is 0.271. The molecule has 3 atom stereocenters. The van der Waals surface area contributed by atoms with Crippen molar-refractivity contribution >= 4 is 12.1 Å². The first-order chi connectivity index (χ1) is 11.1. The predicted molar refractivity (Wildman–Crippen MR) is 80.8 cm³/mol. The second-order valence-corrected chi connectivity index (χ2v) is 5.30. The Morgan fingerprint density at radius 1 is 1.39 bits per heavy atom. The summed E-state index contributed by atoms with van der Waals surface area (Å²) in [6.07, 6.45) is -1.57. The van der Waals surface area contributed by atoms with Crippen molar-refractivity contribution in [3.8, 4) is 0 Å². The Morgan fingerprint density at radius 2 is 2.13 bits per heavy atom. The van der Waals surface area contributed by atoms with Gasteiger partial charge in [0.1, 0.15) is 6.10 Å². The van der Waals surface area contributed by atoms with E-state index in [-0.39, 0.29) is 12.5 Å². The van der Waals surface area contributed by atoms with Crippen molar-refractivity contribution in [3.05, 3.63) is 35.9 Å². The lowest BCUT2D eigenvalue weighted by atomic mass is 10.0. The Kier molecular flexibility index (Phi) is 6.37. The molecule has 0 radical (unpaired) electrons. The van der Waals surface area contributed by atoms with Gasteiger partial charge in [0.15, 0.2) is 6.10 Å². The first-order valence-corrected chi connectivity index (χ1v) is 7.45. The molecule has 0 saturated carbocycles. The number of benzene rings is 1. The van der Waals surface area contributed by atoms with Crippen LogP contribution in [0, 0.1) is 0 Å². The number of aliphatic hydroxyl groups excluding tert-OH is 1. The maximum Gasteiger partial charge on any atom is 0.407 e. The molecule has 0 unspecified atom stereocenters. The molecule has 1 heterocycles. The molecular weight excluding hydrogens is 302 g/mol. The molecule has 23 heavy (non-hydrogen) atoms. The second-order valence-electron chi connectivity index (χ2n) is 5.30. The third kappa shape index (κ3) is 5.22. The Labute approximate surface area is 134 Å². The van der Waals surface area contributed by atoms with Crippen molar-refractivity contribution in [3.63, 3.8) is 0 Å². The van der Waals surface area contributed by atoms with E-state index in [1.165, 1.54) is 7.11 Å². The number of carbonyl (C=O) groups excluding carboxylic acids is 2. The van der Waals surface area contributed by atoms with Gasteiger partial charge in [-0.25, -0.2) is 9.59 Å². The van der Waals surface area contributed by atoms with Gasteiger partial charge >= 0.3 is 12.1 Å². The SMILES string of the molecule is COC(=O)[C@@H](O)[C@H](Cc1ccccc1)NC(=O)O[C@H]1CCOC1. The van der Waals surface area contributed by atoms with Crippen LogP contribution in [0.3, 0.4) is 0 Å². The third-order valence-electron chi connectivity index (χ3n) is 3.59. The van der Waals surface area contributed by atoms with Crippen LogP contribution in [-0.4, -0.2) is 55.7 Å². The van der Waals surface area contributed by atoms with Crippen LogP contribution in [0.5, 0.6) is 0 Å². The van der Waals surface area contributed by atoms with E-state index < -0.39 is 24.2 Å². The molecule has 0 bridgehead atoms. The lowest BCUT2D eigenvalue weighted by Crippen LogP contribution is -2.49. The highest BCUT2D eigenvalue weighted by atomic mass is 16.6. The van der Waals surface area contributed by atoms with Gasteiger partial charge in [-0.2, -0.15) is 0 Å². The topological polar surface area (TPSA) is 94.1 Å². The van der Waals surface area contributed by atoms with Gasteiger partial charge in [-0.1, -0.05) is 30.3 Å². The number of esters is 1. The van der Waals surface area contributed by atoms with Crippen molar-refractivity contribution in [2.75, 3.05) is 20.3 Å². The summed E-state index contributed by atoms with van der Waals surface area (Å²) in [5, 5.41) is 12.6. The minimum Gasteiger partial charge on any atom is -0.467 e. The fourth-order valence-electron chi connectivity index (χ4n) is 2.34. The summed E-state index contributed by atoms with van der Waals surface area (Å²) in [5.41, 5.74) is 0.866. The zero-order valence-corrected chi connectivity index (χ0v) is 12.9. The number of nitrogens with one attached hydrogen (secondary N) is 1. The van der Waals surface area contributed by atoms with E-state index in [0.717, 1.165) is 5.56 Å². The van der Waals surface area contributed by atoms with Gasteiger partial charge in [-0.05, 0) is 12.0 Å². The van der Waals surface area contributed by atoms with Crippen molar-refractivity contribution in [2.24, 2.45) is 0 Å². The normalized spacial score (nSPS) is 19.7. The maximum atomic E-state index is 12.0. The lowest BCUT2D eigenvalue weighted by molar-refractivity contribution is -0.151. The predicted octanol–water partition coefficient (Wildman–Crippen LogP) is 0.647. The molecule has 0 aromatic heterocycles. The van der Waals surface area contributed by atoms with E-state index in [4.69, 9.17) is 9.47 Å². The highest BCUT2D eigenvalue weighted by Crippen LogP contribution is 2.11. The molecule has 1 aromatic rings. The summed E-state index contributed by atoms with van der Waals surface area (Å²) < 4.78 is 14.9. The molecule has 7 nitrogen and oxygen atoms in total. The number of methoxy groups -OCH3 is 1. The van der Waals surface area contributed by atoms with Gasteiger partial charge in [-0.3, -0.25) is 0 Å². The average Bonchev–Trinajstić information content (AvgIpc) is 3.06. The number of aliphatic hydroxyl groups is 1. The number of alkyl carbamates (subject to hydrolysis) is 1. The highest BCUT2D eigenvalue weighted by Gasteiger charge is 2.30. The Hall–Kier alpha value is -2.12. The molecule has 1 amide bonds. The average molecular weight is 323 g/mol. The lowest BCUT2D eigenvalue weighted by Gasteiger charge is -2.23. The molecule has 2 rings (SSSR count). The van der Waals surface area contributed by atoms with Crippen LogP contribution in [0.4, 0.5) is 4.79 Å². The highest BCUT2D eigenvalue weighted by molar-refractivity contribution is 5.77. The molecular formula is C16H21NO6. The first kappa shape index (κ1) is 17.2. The zero-order valence-electron chi connectivity index (χ0n) is 12.9. The number of amides is 1. The van der Waals surface area contributed by atoms with Crippen LogP contribution in [0.25, 0.3) is 0 Å². The van der Waals surface area contributed by atoms with E-state index in [0.29, 0.717) is 19.6 Å². The van der Waals surface area contributed by atoms with Crippen LogP contribution >= 0.6 is 0 Å². The van der Waals surface area contributed by atoms with E-state index in [9.17, 15) is 14.7 Å². The summed E-state index contributed by atoms with van der Waals surface area (Å²) in [6.45, 7) is 0.909. The largest absolute Gasteiger partial charge is 0.467 e. The van der Waals surface area contributed by atoms with Gasteiger partial charge in [0.2, 0.25) is 0 Å². The van der Waals surface area contributed by atoms with Gasteiger partial charge in [0.25, 0.3) is 0 Å². The standard InChI is InChI=1S/C16H21NO6/c1-21-15(19)14(18)13(9-11-5-3-2-4-6-11)17-16(20)23-12-7-8-22-10-12/h2-6,12-14,18H,7-10H2,1H3,(H,17,20)/t12-,13-,14-/m0/s1. The molecule has 7 heteroatoms. The van der Waals surface area contributed by atoms with Gasteiger partial charge in [0.05, 0.1) is 26.4 Å². The van der Waals surface area contributed by atoms with Crippen LogP contribution < -0.4 is 5.32 Å². The van der Waals surface area contributed by atoms with E-state index in [2.05, 4.69) is 10.1 Å². The fourth-order valence-corrected chi connectivity index (χ4v) is 2.34. The summed E-state index contributed by atoms with van der Waals surface area (Å²) in [7, 11) is 1.18. The van der Waals surface area contributed by atoms with Crippen LogP contribution in [0.2, 0.25) is 0 Å². The van der Waals surface area contributed by atoms with Crippen molar-refractivity contribution in [2.45, 2.75) is 31.1 Å².